The van der Waals surface area contributed by atoms with Gasteiger partial charge in [-0.15, -0.1) is 0 Å². The van der Waals surface area contributed by atoms with Crippen molar-refractivity contribution < 1.29 is 4.21 Å². The van der Waals surface area contributed by atoms with Crippen LogP contribution in [0.4, 0.5) is 5.69 Å². The molecule has 0 radical (unpaired) electrons. The Morgan fingerprint density at radius 1 is 1.58 bits per heavy atom. The molecule has 0 aliphatic rings. The lowest BCUT2D eigenvalue weighted by Crippen LogP contribution is -1.94. The number of anilines is 1. The minimum atomic E-state index is -0.859. The second-order valence-corrected chi connectivity index (χ2v) is 4.41. The van der Waals surface area contributed by atoms with E-state index in [0.717, 1.165) is 5.56 Å². The van der Waals surface area contributed by atoms with Crippen molar-refractivity contribution in [2.75, 3.05) is 12.0 Å². The summed E-state index contributed by atoms with van der Waals surface area (Å²) >= 11 is 5.86. The topological polar surface area (TPSA) is 43.1 Å². The van der Waals surface area contributed by atoms with E-state index < -0.39 is 10.8 Å². The predicted octanol–water partition coefficient (Wildman–Crippen LogP) is 1.80. The van der Waals surface area contributed by atoms with E-state index in [1.165, 1.54) is 0 Å². The largest absolute Gasteiger partial charge is 0.399 e. The second kappa shape index (κ2) is 3.92. The molecule has 0 saturated carbocycles. The summed E-state index contributed by atoms with van der Waals surface area (Å²) in [4.78, 5) is 0. The molecule has 0 fully saturated rings. The molecule has 12 heavy (non-hydrogen) atoms. The Morgan fingerprint density at radius 3 is 2.75 bits per heavy atom. The quantitative estimate of drug-likeness (QED) is 0.745. The van der Waals surface area contributed by atoms with E-state index in [4.69, 9.17) is 17.3 Å². The number of rotatable bonds is 2. The van der Waals surface area contributed by atoms with Gasteiger partial charge in [0.25, 0.3) is 0 Å². The van der Waals surface area contributed by atoms with E-state index >= 15 is 0 Å². The van der Waals surface area contributed by atoms with Crippen LogP contribution in [-0.2, 0) is 16.6 Å². The van der Waals surface area contributed by atoms with E-state index in [0.29, 0.717) is 16.5 Å². The summed E-state index contributed by atoms with van der Waals surface area (Å²) in [5.74, 6) is 0.485. The number of hydrogen-bond donors (Lipinski definition) is 1. The number of hydrogen-bond acceptors (Lipinski definition) is 2. The molecule has 0 bridgehead atoms. The van der Waals surface area contributed by atoms with Crippen LogP contribution in [0.25, 0.3) is 0 Å². The first-order chi connectivity index (χ1) is 5.59. The molecular formula is C8H10ClNOS. The Hall–Kier alpha value is -0.540. The lowest BCUT2D eigenvalue weighted by Gasteiger charge is -2.02. The molecule has 1 aromatic rings. The van der Waals surface area contributed by atoms with Crippen molar-refractivity contribution in [1.82, 2.24) is 0 Å². The van der Waals surface area contributed by atoms with Crippen LogP contribution in [0.5, 0.6) is 0 Å². The molecular weight excluding hydrogens is 194 g/mol. The van der Waals surface area contributed by atoms with Gasteiger partial charge in [0.05, 0.1) is 0 Å². The van der Waals surface area contributed by atoms with Gasteiger partial charge in [-0.05, 0) is 17.7 Å². The van der Waals surface area contributed by atoms with Crippen LogP contribution in [0, 0.1) is 0 Å². The standard InChI is InChI=1S/C8H10ClNOS/c1-12(11)5-6-2-3-7(10)4-8(6)9/h2-4H,5,10H2,1H3. The van der Waals surface area contributed by atoms with E-state index in [9.17, 15) is 4.21 Å². The van der Waals surface area contributed by atoms with E-state index in [-0.39, 0.29) is 0 Å². The minimum absolute atomic E-state index is 0.485. The summed E-state index contributed by atoms with van der Waals surface area (Å²) in [6.07, 6.45) is 1.65. The molecule has 0 aliphatic carbocycles. The van der Waals surface area contributed by atoms with E-state index in [2.05, 4.69) is 0 Å². The molecule has 2 nitrogen and oxygen atoms in total. The third-order valence-corrected chi connectivity index (χ3v) is 2.51. The lowest BCUT2D eigenvalue weighted by molar-refractivity contribution is 0.686. The first kappa shape index (κ1) is 9.55. The van der Waals surface area contributed by atoms with Crippen LogP contribution in [0.3, 0.4) is 0 Å². The molecule has 0 heterocycles. The summed E-state index contributed by atoms with van der Waals surface area (Å²) in [6.45, 7) is 0. The maximum Gasteiger partial charge on any atom is 0.0497 e. The van der Waals surface area contributed by atoms with Gasteiger partial charge in [-0.2, -0.15) is 0 Å². The van der Waals surface area contributed by atoms with Crippen molar-refractivity contribution in [2.45, 2.75) is 5.75 Å². The zero-order chi connectivity index (χ0) is 9.14. The highest BCUT2D eigenvalue weighted by Gasteiger charge is 2.01. The molecule has 4 heteroatoms. The van der Waals surface area contributed by atoms with Gasteiger partial charge in [0.1, 0.15) is 0 Å². The van der Waals surface area contributed by atoms with Crippen molar-refractivity contribution in [3.8, 4) is 0 Å². The Balaban J connectivity index is 2.93. The lowest BCUT2D eigenvalue weighted by atomic mass is 10.2. The zero-order valence-corrected chi connectivity index (χ0v) is 8.28. The Kier molecular flexibility index (Phi) is 3.12. The van der Waals surface area contributed by atoms with Crippen molar-refractivity contribution in [3.63, 3.8) is 0 Å². The maximum atomic E-state index is 10.9. The minimum Gasteiger partial charge on any atom is -0.399 e. The number of halogens is 1. The Morgan fingerprint density at radius 2 is 2.25 bits per heavy atom. The molecule has 0 amide bonds. The highest BCUT2D eigenvalue weighted by molar-refractivity contribution is 7.83. The van der Waals surface area contributed by atoms with Gasteiger partial charge in [0.2, 0.25) is 0 Å². The third kappa shape index (κ3) is 2.50. The molecule has 1 aromatic carbocycles. The maximum absolute atomic E-state index is 10.9. The summed E-state index contributed by atoms with van der Waals surface area (Å²) in [7, 11) is -0.859. The molecule has 0 saturated heterocycles. The van der Waals surface area contributed by atoms with Gasteiger partial charge in [-0.25, -0.2) is 0 Å². The molecule has 1 rings (SSSR count). The average Bonchev–Trinajstić information content (AvgIpc) is 1.94. The number of benzene rings is 1. The summed E-state index contributed by atoms with van der Waals surface area (Å²) in [6, 6.07) is 5.23. The van der Waals surface area contributed by atoms with Crippen molar-refractivity contribution in [1.29, 1.82) is 0 Å². The first-order valence-electron chi connectivity index (χ1n) is 3.43. The average molecular weight is 204 g/mol. The predicted molar refractivity (Wildman–Crippen MR) is 53.6 cm³/mol. The molecule has 0 aromatic heterocycles. The van der Waals surface area contributed by atoms with Gasteiger partial charge < -0.3 is 5.73 Å². The van der Waals surface area contributed by atoms with Crippen LogP contribution in [0.1, 0.15) is 5.56 Å². The normalized spacial score (nSPS) is 12.8. The van der Waals surface area contributed by atoms with Crippen LogP contribution in [0.2, 0.25) is 5.02 Å². The van der Waals surface area contributed by atoms with Gasteiger partial charge in [-0.1, -0.05) is 17.7 Å². The fourth-order valence-electron chi connectivity index (χ4n) is 0.900. The summed E-state index contributed by atoms with van der Waals surface area (Å²) in [5, 5.41) is 0.588. The smallest absolute Gasteiger partial charge is 0.0497 e. The van der Waals surface area contributed by atoms with Crippen LogP contribution in [-0.4, -0.2) is 10.5 Å². The van der Waals surface area contributed by atoms with Gasteiger partial charge in [-0.3, -0.25) is 4.21 Å². The second-order valence-electron chi connectivity index (χ2n) is 2.57. The molecule has 1 unspecified atom stereocenters. The van der Waals surface area contributed by atoms with Crippen LogP contribution >= 0.6 is 11.6 Å². The molecule has 1 atom stereocenters. The van der Waals surface area contributed by atoms with Crippen molar-refractivity contribution in [3.05, 3.63) is 28.8 Å². The molecule has 0 spiro atoms. The highest BCUT2D eigenvalue weighted by Crippen LogP contribution is 2.19. The van der Waals surface area contributed by atoms with Gasteiger partial charge in [0.15, 0.2) is 0 Å². The Bertz CT molecular complexity index is 314. The van der Waals surface area contributed by atoms with Crippen LogP contribution in [0.15, 0.2) is 18.2 Å². The van der Waals surface area contributed by atoms with Crippen molar-refractivity contribution in [2.24, 2.45) is 0 Å². The summed E-state index contributed by atoms with van der Waals surface area (Å²) in [5.41, 5.74) is 7.01. The van der Waals surface area contributed by atoms with Gasteiger partial charge in [0, 0.05) is 33.5 Å². The van der Waals surface area contributed by atoms with Gasteiger partial charge >= 0.3 is 0 Å². The molecule has 0 aliphatic heterocycles. The fourth-order valence-corrected chi connectivity index (χ4v) is 1.92. The van der Waals surface area contributed by atoms with Crippen LogP contribution < -0.4 is 5.73 Å². The zero-order valence-electron chi connectivity index (χ0n) is 6.71. The van der Waals surface area contributed by atoms with E-state index in [1.807, 2.05) is 0 Å². The number of nitrogen functional groups attached to an aromatic ring is 1. The first-order valence-corrected chi connectivity index (χ1v) is 5.54. The fraction of sp³-hybridized carbons (Fsp3) is 0.250. The molecule has 2 N–H and O–H groups in total. The number of nitrogens with two attached hydrogens (primary N) is 1. The summed E-state index contributed by atoms with van der Waals surface area (Å²) < 4.78 is 10.9. The highest BCUT2D eigenvalue weighted by atomic mass is 35.5. The molecule has 66 valence electrons. The van der Waals surface area contributed by atoms with E-state index in [1.54, 1.807) is 24.5 Å². The SMILES string of the molecule is CS(=O)Cc1ccc(N)cc1Cl. The third-order valence-electron chi connectivity index (χ3n) is 1.44. The Labute approximate surface area is 79.2 Å². The monoisotopic (exact) mass is 203 g/mol. The van der Waals surface area contributed by atoms with Crippen molar-refractivity contribution >= 4 is 28.1 Å².